The van der Waals surface area contributed by atoms with Crippen molar-refractivity contribution in [3.8, 4) is 0 Å². The zero-order chi connectivity index (χ0) is 21.3. The molecule has 0 bridgehead atoms. The number of hydrogen-bond acceptors (Lipinski definition) is 4. The Morgan fingerprint density at radius 2 is 2.00 bits per heavy atom. The Balaban J connectivity index is 1.56. The Hall–Kier alpha value is -2.29. The highest BCUT2D eigenvalue weighted by atomic mass is 79.9. The van der Waals surface area contributed by atoms with Gasteiger partial charge in [-0.25, -0.2) is 8.42 Å². The summed E-state index contributed by atoms with van der Waals surface area (Å²) < 4.78 is 28.9. The number of pyridine rings is 1. The molecule has 0 aliphatic carbocycles. The molecule has 1 fully saturated rings. The van der Waals surface area contributed by atoms with Crippen molar-refractivity contribution in [1.29, 1.82) is 0 Å². The summed E-state index contributed by atoms with van der Waals surface area (Å²) in [5.41, 5.74) is 2.22. The Kier molecular flexibility index (Phi) is 5.90. The van der Waals surface area contributed by atoms with Gasteiger partial charge in [-0.15, -0.1) is 0 Å². The summed E-state index contributed by atoms with van der Waals surface area (Å²) in [6, 6.07) is 14.5. The van der Waals surface area contributed by atoms with Gasteiger partial charge in [0.15, 0.2) is 0 Å². The first-order valence-corrected chi connectivity index (χ1v) is 12.0. The SMILES string of the molecule is Cc1ccc(NC(=O)[C@H]2CCCN(S(=O)(=O)c3cccc4cccnc34)C2)c(Br)c1. The molecular weight excluding hydrogens is 466 g/mol. The largest absolute Gasteiger partial charge is 0.325 e. The number of para-hydroxylation sites is 1. The lowest BCUT2D eigenvalue weighted by Crippen LogP contribution is -2.43. The molecular formula is C22H22BrN3O3S. The molecule has 1 aliphatic heterocycles. The van der Waals surface area contributed by atoms with E-state index in [4.69, 9.17) is 0 Å². The average Bonchev–Trinajstić information content (AvgIpc) is 2.75. The molecule has 1 amide bonds. The molecule has 156 valence electrons. The number of carbonyl (C=O) groups excluding carboxylic acids is 1. The Labute approximate surface area is 184 Å². The fourth-order valence-electron chi connectivity index (χ4n) is 3.75. The number of sulfonamides is 1. The van der Waals surface area contributed by atoms with E-state index in [1.807, 2.05) is 37.3 Å². The Morgan fingerprint density at radius 1 is 1.20 bits per heavy atom. The van der Waals surface area contributed by atoms with Gasteiger partial charge in [0.05, 0.1) is 17.1 Å². The molecule has 8 heteroatoms. The van der Waals surface area contributed by atoms with Gasteiger partial charge in [0.1, 0.15) is 4.90 Å². The highest BCUT2D eigenvalue weighted by molar-refractivity contribution is 9.10. The van der Waals surface area contributed by atoms with Gasteiger partial charge in [-0.2, -0.15) is 4.31 Å². The number of hydrogen-bond donors (Lipinski definition) is 1. The van der Waals surface area contributed by atoms with E-state index in [1.165, 1.54) is 4.31 Å². The molecule has 0 saturated carbocycles. The highest BCUT2D eigenvalue weighted by Crippen LogP contribution is 2.29. The summed E-state index contributed by atoms with van der Waals surface area (Å²) in [6.07, 6.45) is 2.87. The van der Waals surface area contributed by atoms with Gasteiger partial charge in [0.2, 0.25) is 15.9 Å². The quantitative estimate of drug-likeness (QED) is 0.593. The van der Waals surface area contributed by atoms with E-state index in [0.29, 0.717) is 30.6 Å². The van der Waals surface area contributed by atoms with Gasteiger partial charge in [0, 0.05) is 29.1 Å². The Morgan fingerprint density at radius 3 is 2.80 bits per heavy atom. The van der Waals surface area contributed by atoms with Gasteiger partial charge in [-0.1, -0.05) is 24.3 Å². The molecule has 3 aromatic rings. The van der Waals surface area contributed by atoms with Crippen LogP contribution in [-0.4, -0.2) is 36.7 Å². The van der Waals surface area contributed by atoms with E-state index >= 15 is 0 Å². The van der Waals surface area contributed by atoms with Crippen molar-refractivity contribution < 1.29 is 13.2 Å². The maximum Gasteiger partial charge on any atom is 0.245 e. The second-order valence-electron chi connectivity index (χ2n) is 7.51. The van der Waals surface area contributed by atoms with Crippen LogP contribution in [0, 0.1) is 12.8 Å². The van der Waals surface area contributed by atoms with Crippen molar-refractivity contribution in [2.75, 3.05) is 18.4 Å². The third-order valence-electron chi connectivity index (χ3n) is 5.35. The van der Waals surface area contributed by atoms with Crippen molar-refractivity contribution in [3.63, 3.8) is 0 Å². The van der Waals surface area contributed by atoms with Crippen LogP contribution >= 0.6 is 15.9 Å². The number of aromatic nitrogens is 1. The van der Waals surface area contributed by atoms with Crippen molar-refractivity contribution in [2.24, 2.45) is 5.92 Å². The molecule has 0 spiro atoms. The van der Waals surface area contributed by atoms with Gasteiger partial charge in [0.25, 0.3) is 0 Å². The number of aryl methyl sites for hydroxylation is 1. The predicted octanol–water partition coefficient (Wildman–Crippen LogP) is 4.35. The van der Waals surface area contributed by atoms with E-state index in [0.717, 1.165) is 15.4 Å². The number of carbonyl (C=O) groups is 1. The number of rotatable bonds is 4. The van der Waals surface area contributed by atoms with Crippen LogP contribution in [0.1, 0.15) is 18.4 Å². The third-order valence-corrected chi connectivity index (χ3v) is 7.90. The fraction of sp³-hybridized carbons (Fsp3) is 0.273. The summed E-state index contributed by atoms with van der Waals surface area (Å²) in [5, 5.41) is 3.70. The first kappa shape index (κ1) is 21.0. The van der Waals surface area contributed by atoms with E-state index < -0.39 is 15.9 Å². The standard InChI is InChI=1S/C22H22BrN3O3S/c1-15-9-10-19(18(23)13-15)25-22(27)17-7-4-12-26(14-17)30(28,29)20-8-2-5-16-6-3-11-24-21(16)20/h2-3,5-6,8-11,13,17H,4,7,12,14H2,1H3,(H,25,27)/t17-/m0/s1. The molecule has 1 saturated heterocycles. The second kappa shape index (κ2) is 8.45. The zero-order valence-corrected chi connectivity index (χ0v) is 18.9. The highest BCUT2D eigenvalue weighted by Gasteiger charge is 2.34. The first-order valence-electron chi connectivity index (χ1n) is 9.77. The molecule has 4 rings (SSSR count). The Bertz CT molecular complexity index is 1210. The maximum absolute atomic E-state index is 13.4. The van der Waals surface area contributed by atoms with Crippen LogP contribution in [0.5, 0.6) is 0 Å². The summed E-state index contributed by atoms with van der Waals surface area (Å²) in [6.45, 7) is 2.52. The van der Waals surface area contributed by atoms with E-state index in [2.05, 4.69) is 26.2 Å². The summed E-state index contributed by atoms with van der Waals surface area (Å²) in [5.74, 6) is -0.583. The van der Waals surface area contributed by atoms with Crippen molar-refractivity contribution in [2.45, 2.75) is 24.7 Å². The molecule has 2 heterocycles. The number of anilines is 1. The molecule has 1 N–H and O–H groups in total. The van der Waals surface area contributed by atoms with Crippen LogP contribution in [0.4, 0.5) is 5.69 Å². The minimum Gasteiger partial charge on any atom is -0.325 e. The predicted molar refractivity (Wildman–Crippen MR) is 121 cm³/mol. The third kappa shape index (κ3) is 4.12. The monoisotopic (exact) mass is 487 g/mol. The van der Waals surface area contributed by atoms with Gasteiger partial charge < -0.3 is 5.32 Å². The normalized spacial score (nSPS) is 17.7. The zero-order valence-electron chi connectivity index (χ0n) is 16.5. The van der Waals surface area contributed by atoms with Crippen LogP contribution < -0.4 is 5.32 Å². The number of nitrogens with one attached hydrogen (secondary N) is 1. The van der Waals surface area contributed by atoms with Crippen LogP contribution in [0.3, 0.4) is 0 Å². The fourth-order valence-corrected chi connectivity index (χ4v) is 6.04. The van der Waals surface area contributed by atoms with Crippen molar-refractivity contribution >= 4 is 48.5 Å². The van der Waals surface area contributed by atoms with Crippen LogP contribution in [0.15, 0.2) is 64.1 Å². The molecule has 1 aliphatic rings. The molecule has 1 atom stereocenters. The van der Waals surface area contributed by atoms with E-state index in [1.54, 1.807) is 24.4 Å². The topological polar surface area (TPSA) is 79.4 Å². The van der Waals surface area contributed by atoms with E-state index in [9.17, 15) is 13.2 Å². The average molecular weight is 488 g/mol. The molecule has 30 heavy (non-hydrogen) atoms. The number of halogens is 1. The lowest BCUT2D eigenvalue weighted by molar-refractivity contribution is -0.120. The number of benzene rings is 2. The number of piperidine rings is 1. The van der Waals surface area contributed by atoms with Crippen molar-refractivity contribution in [1.82, 2.24) is 9.29 Å². The minimum atomic E-state index is -3.76. The summed E-state index contributed by atoms with van der Waals surface area (Å²) >= 11 is 3.47. The molecule has 0 unspecified atom stereocenters. The second-order valence-corrected chi connectivity index (χ2v) is 10.3. The summed E-state index contributed by atoms with van der Waals surface area (Å²) in [4.78, 5) is 17.3. The smallest absolute Gasteiger partial charge is 0.245 e. The minimum absolute atomic E-state index is 0.154. The van der Waals surface area contributed by atoms with Gasteiger partial charge >= 0.3 is 0 Å². The van der Waals surface area contributed by atoms with Gasteiger partial charge in [-0.3, -0.25) is 9.78 Å². The summed E-state index contributed by atoms with van der Waals surface area (Å²) in [7, 11) is -3.76. The lowest BCUT2D eigenvalue weighted by atomic mass is 9.98. The number of nitrogens with zero attached hydrogens (tertiary/aromatic N) is 2. The molecule has 6 nitrogen and oxygen atoms in total. The molecule has 1 aromatic heterocycles. The lowest BCUT2D eigenvalue weighted by Gasteiger charge is -2.31. The van der Waals surface area contributed by atoms with Crippen molar-refractivity contribution in [3.05, 3.63) is 64.8 Å². The van der Waals surface area contributed by atoms with Crippen LogP contribution in [0.2, 0.25) is 0 Å². The van der Waals surface area contributed by atoms with E-state index in [-0.39, 0.29) is 17.3 Å². The van der Waals surface area contributed by atoms with Crippen LogP contribution in [-0.2, 0) is 14.8 Å². The van der Waals surface area contributed by atoms with Gasteiger partial charge in [-0.05, 0) is 65.5 Å². The maximum atomic E-state index is 13.4. The number of amides is 1. The first-order chi connectivity index (χ1) is 14.4. The van der Waals surface area contributed by atoms with Crippen LogP contribution in [0.25, 0.3) is 10.9 Å². The molecule has 0 radical (unpaired) electrons. The molecule has 2 aromatic carbocycles. The number of fused-ring (bicyclic) bond motifs is 1.